The highest BCUT2D eigenvalue weighted by Gasteiger charge is 2.41. The van der Waals surface area contributed by atoms with Crippen LogP contribution in [0.1, 0.15) is 34.1 Å². The van der Waals surface area contributed by atoms with Gasteiger partial charge in [0.1, 0.15) is 12.1 Å². The number of nitrogens with zero attached hydrogens (tertiary/aromatic N) is 1. The van der Waals surface area contributed by atoms with Crippen molar-refractivity contribution in [1.29, 1.82) is 0 Å². The molecule has 1 rings (SSSR count). The molecule has 5 nitrogen and oxygen atoms in total. The zero-order valence-corrected chi connectivity index (χ0v) is 12.6. The molecule has 5 heteroatoms. The monoisotopic (exact) mass is 270 g/mol. The van der Waals surface area contributed by atoms with Crippen LogP contribution >= 0.6 is 0 Å². The summed E-state index contributed by atoms with van der Waals surface area (Å²) in [4.78, 5) is 26.4. The number of hydrogen-bond acceptors (Lipinski definition) is 3. The fourth-order valence-corrected chi connectivity index (χ4v) is 2.53. The van der Waals surface area contributed by atoms with Gasteiger partial charge in [-0.1, -0.05) is 27.7 Å². The molecular formula is C14H26N2O3. The number of nitrogens with one attached hydrogen (secondary N) is 1. The molecule has 1 fully saturated rings. The summed E-state index contributed by atoms with van der Waals surface area (Å²) in [6, 6.07) is -0.773. The van der Waals surface area contributed by atoms with Crippen molar-refractivity contribution in [3.8, 4) is 0 Å². The average molecular weight is 270 g/mol. The van der Waals surface area contributed by atoms with Gasteiger partial charge in [0.15, 0.2) is 0 Å². The molecule has 110 valence electrons. The molecule has 0 aromatic rings. The van der Waals surface area contributed by atoms with E-state index in [2.05, 4.69) is 5.32 Å². The van der Waals surface area contributed by atoms with Crippen molar-refractivity contribution in [2.24, 2.45) is 11.8 Å². The predicted octanol–water partition coefficient (Wildman–Crippen LogP) is 1.03. The lowest BCUT2D eigenvalue weighted by atomic mass is 9.93. The van der Waals surface area contributed by atoms with Gasteiger partial charge < -0.3 is 15.0 Å². The summed E-state index contributed by atoms with van der Waals surface area (Å²) in [6.07, 6.45) is 0.679. The van der Waals surface area contributed by atoms with E-state index in [1.807, 2.05) is 27.7 Å². The molecule has 0 radical (unpaired) electrons. The Morgan fingerprint density at radius 2 is 1.89 bits per heavy atom. The van der Waals surface area contributed by atoms with E-state index in [4.69, 9.17) is 4.74 Å². The highest BCUT2D eigenvalue weighted by Crippen LogP contribution is 2.20. The third-order valence-electron chi connectivity index (χ3n) is 3.38. The maximum Gasteiger partial charge on any atom is 0.245 e. The fourth-order valence-electron chi connectivity index (χ4n) is 2.53. The topological polar surface area (TPSA) is 58.6 Å². The van der Waals surface area contributed by atoms with E-state index < -0.39 is 0 Å². The van der Waals surface area contributed by atoms with Gasteiger partial charge in [0.05, 0.1) is 6.61 Å². The van der Waals surface area contributed by atoms with Gasteiger partial charge in [-0.25, -0.2) is 0 Å². The molecule has 1 saturated heterocycles. The highest BCUT2D eigenvalue weighted by atomic mass is 16.5. The van der Waals surface area contributed by atoms with Crippen LogP contribution in [0.5, 0.6) is 0 Å². The first kappa shape index (κ1) is 16.0. The van der Waals surface area contributed by atoms with E-state index in [0.29, 0.717) is 25.5 Å². The number of piperazine rings is 1. The first-order chi connectivity index (χ1) is 8.88. The Morgan fingerprint density at radius 3 is 2.37 bits per heavy atom. The summed E-state index contributed by atoms with van der Waals surface area (Å²) in [6.45, 7) is 8.94. The van der Waals surface area contributed by atoms with Gasteiger partial charge >= 0.3 is 0 Å². The molecule has 0 aromatic heterocycles. The third kappa shape index (κ3) is 3.93. The lowest BCUT2D eigenvalue weighted by Crippen LogP contribution is -2.65. The Balaban J connectivity index is 2.88. The van der Waals surface area contributed by atoms with Crippen LogP contribution in [-0.4, -0.2) is 49.1 Å². The first-order valence-electron chi connectivity index (χ1n) is 6.98. The van der Waals surface area contributed by atoms with Gasteiger partial charge in [-0.2, -0.15) is 0 Å². The quantitative estimate of drug-likeness (QED) is 0.784. The third-order valence-corrected chi connectivity index (χ3v) is 3.38. The smallest absolute Gasteiger partial charge is 0.245 e. The minimum atomic E-state index is -0.389. The van der Waals surface area contributed by atoms with Crippen molar-refractivity contribution < 1.29 is 14.3 Å². The number of rotatable bonds is 6. The largest absolute Gasteiger partial charge is 0.383 e. The lowest BCUT2D eigenvalue weighted by Gasteiger charge is -2.41. The Kier molecular flexibility index (Phi) is 5.79. The Labute approximate surface area is 115 Å². The maximum absolute atomic E-state index is 12.5. The van der Waals surface area contributed by atoms with E-state index in [-0.39, 0.29) is 29.8 Å². The molecule has 2 atom stereocenters. The maximum atomic E-state index is 12.5. The van der Waals surface area contributed by atoms with Crippen LogP contribution in [0.3, 0.4) is 0 Å². The number of carbonyl (C=O) groups is 2. The molecule has 1 aliphatic heterocycles. The molecule has 0 aromatic carbocycles. The van der Waals surface area contributed by atoms with E-state index in [1.165, 1.54) is 0 Å². The SMILES string of the molecule is COCCN1C(=O)C(CC(C)C)NC(=O)C1C(C)C. The van der Waals surface area contributed by atoms with Crippen LogP contribution in [0.2, 0.25) is 0 Å². The minimum absolute atomic E-state index is 0.0176. The first-order valence-corrected chi connectivity index (χ1v) is 6.98. The van der Waals surface area contributed by atoms with Crippen molar-refractivity contribution in [2.75, 3.05) is 20.3 Å². The molecule has 0 saturated carbocycles. The van der Waals surface area contributed by atoms with Crippen LogP contribution in [-0.2, 0) is 14.3 Å². The van der Waals surface area contributed by atoms with E-state index in [9.17, 15) is 9.59 Å². The van der Waals surface area contributed by atoms with Gasteiger partial charge in [-0.05, 0) is 18.3 Å². The summed E-state index contributed by atoms with van der Waals surface area (Å²) in [5, 5.41) is 2.86. The standard InChI is InChI=1S/C14H26N2O3/c1-9(2)8-11-14(18)16(6-7-19-5)12(10(3)4)13(17)15-11/h9-12H,6-8H2,1-5H3,(H,15,17). The molecule has 1 aliphatic rings. The summed E-state index contributed by atoms with van der Waals surface area (Å²) in [5.74, 6) is 0.440. The minimum Gasteiger partial charge on any atom is -0.383 e. The average Bonchev–Trinajstić information content (AvgIpc) is 2.30. The second-order valence-electron chi connectivity index (χ2n) is 5.90. The molecule has 2 amide bonds. The summed E-state index contributed by atoms with van der Waals surface area (Å²) in [7, 11) is 1.60. The van der Waals surface area contributed by atoms with Gasteiger partial charge in [0, 0.05) is 13.7 Å². The van der Waals surface area contributed by atoms with E-state index in [0.717, 1.165) is 0 Å². The summed E-state index contributed by atoms with van der Waals surface area (Å²) >= 11 is 0. The van der Waals surface area contributed by atoms with Crippen LogP contribution in [0.4, 0.5) is 0 Å². The number of ether oxygens (including phenoxy) is 1. The molecule has 19 heavy (non-hydrogen) atoms. The molecule has 0 bridgehead atoms. The summed E-state index contributed by atoms with van der Waals surface area (Å²) in [5.41, 5.74) is 0. The summed E-state index contributed by atoms with van der Waals surface area (Å²) < 4.78 is 5.05. The van der Waals surface area contributed by atoms with Gasteiger partial charge in [0.2, 0.25) is 11.8 Å². The van der Waals surface area contributed by atoms with Crippen molar-refractivity contribution in [2.45, 2.75) is 46.2 Å². The van der Waals surface area contributed by atoms with Gasteiger partial charge in [-0.3, -0.25) is 9.59 Å². The van der Waals surface area contributed by atoms with Crippen LogP contribution in [0.25, 0.3) is 0 Å². The highest BCUT2D eigenvalue weighted by molar-refractivity contribution is 5.97. The molecule has 0 aliphatic carbocycles. The molecule has 1 N–H and O–H groups in total. The zero-order valence-electron chi connectivity index (χ0n) is 12.6. The molecule has 1 heterocycles. The van der Waals surface area contributed by atoms with E-state index in [1.54, 1.807) is 12.0 Å². The van der Waals surface area contributed by atoms with Crippen molar-refractivity contribution >= 4 is 11.8 Å². The number of carbonyl (C=O) groups excluding carboxylic acids is 2. The van der Waals surface area contributed by atoms with Crippen LogP contribution in [0, 0.1) is 11.8 Å². The Hall–Kier alpha value is -1.10. The molecule has 0 spiro atoms. The van der Waals surface area contributed by atoms with Crippen molar-refractivity contribution in [3.63, 3.8) is 0 Å². The molecular weight excluding hydrogens is 244 g/mol. The number of methoxy groups -OCH3 is 1. The van der Waals surface area contributed by atoms with Crippen LogP contribution < -0.4 is 5.32 Å². The predicted molar refractivity (Wildman–Crippen MR) is 73.6 cm³/mol. The Bertz CT molecular complexity index is 329. The van der Waals surface area contributed by atoms with Crippen LogP contribution in [0.15, 0.2) is 0 Å². The number of amides is 2. The fraction of sp³-hybridized carbons (Fsp3) is 0.857. The zero-order chi connectivity index (χ0) is 14.6. The normalized spacial score (nSPS) is 24.3. The second-order valence-corrected chi connectivity index (χ2v) is 5.90. The Morgan fingerprint density at radius 1 is 1.26 bits per heavy atom. The van der Waals surface area contributed by atoms with E-state index >= 15 is 0 Å². The van der Waals surface area contributed by atoms with Crippen molar-refractivity contribution in [3.05, 3.63) is 0 Å². The van der Waals surface area contributed by atoms with Crippen molar-refractivity contribution in [1.82, 2.24) is 10.2 Å². The lowest BCUT2D eigenvalue weighted by molar-refractivity contribution is -0.152. The second kappa shape index (κ2) is 6.89. The van der Waals surface area contributed by atoms with Gasteiger partial charge in [0.25, 0.3) is 0 Å². The molecule has 2 unspecified atom stereocenters. The van der Waals surface area contributed by atoms with Gasteiger partial charge in [-0.15, -0.1) is 0 Å². The number of hydrogen-bond donors (Lipinski definition) is 1.